The number of anilines is 1. The second-order valence-electron chi connectivity index (χ2n) is 3.27. The molecule has 1 fully saturated rings. The molecule has 6 nitrogen and oxygen atoms in total. The summed E-state index contributed by atoms with van der Waals surface area (Å²) in [6, 6.07) is 0.156. The largest absolute Gasteiger partial charge is 0.378 e. The number of aromatic nitrogens is 3. The summed E-state index contributed by atoms with van der Waals surface area (Å²) in [6.45, 7) is 2.30. The van der Waals surface area contributed by atoms with Gasteiger partial charge in [-0.3, -0.25) is 4.57 Å². The van der Waals surface area contributed by atoms with Crippen molar-refractivity contribution in [2.75, 3.05) is 32.1 Å². The molecule has 0 aliphatic carbocycles. The lowest BCUT2D eigenvalue weighted by Crippen LogP contribution is -2.36. The van der Waals surface area contributed by atoms with Gasteiger partial charge in [-0.1, -0.05) is 0 Å². The Morgan fingerprint density at radius 2 is 2.43 bits per heavy atom. The number of nitrogens with one attached hydrogen (secondary N) is 2. The fourth-order valence-electron chi connectivity index (χ4n) is 1.59. The fourth-order valence-corrected chi connectivity index (χ4v) is 1.59. The van der Waals surface area contributed by atoms with Crippen molar-refractivity contribution in [1.29, 1.82) is 0 Å². The molecule has 14 heavy (non-hydrogen) atoms. The molecule has 78 valence electrons. The molecule has 0 amide bonds. The topological polar surface area (TPSA) is 64.0 Å². The first-order chi connectivity index (χ1) is 6.83. The van der Waals surface area contributed by atoms with E-state index in [4.69, 9.17) is 4.74 Å². The zero-order chi connectivity index (χ0) is 9.97. The molecular formula is C8H15N5O. The lowest BCUT2D eigenvalue weighted by molar-refractivity contribution is 0.0733. The Morgan fingerprint density at radius 1 is 1.57 bits per heavy atom. The van der Waals surface area contributed by atoms with Crippen molar-refractivity contribution in [3.8, 4) is 0 Å². The quantitative estimate of drug-likeness (QED) is 0.670. The van der Waals surface area contributed by atoms with Crippen LogP contribution in [0.3, 0.4) is 0 Å². The monoisotopic (exact) mass is 197 g/mol. The summed E-state index contributed by atoms with van der Waals surface area (Å²) < 4.78 is 7.31. The predicted octanol–water partition coefficient (Wildman–Crippen LogP) is -0.482. The van der Waals surface area contributed by atoms with Crippen LogP contribution in [0.5, 0.6) is 0 Å². The van der Waals surface area contributed by atoms with Gasteiger partial charge in [0.2, 0.25) is 5.95 Å². The van der Waals surface area contributed by atoms with Crippen LogP contribution >= 0.6 is 0 Å². The minimum Gasteiger partial charge on any atom is -0.378 e. The van der Waals surface area contributed by atoms with Crippen molar-refractivity contribution in [1.82, 2.24) is 20.1 Å². The van der Waals surface area contributed by atoms with Crippen LogP contribution in [0.1, 0.15) is 11.9 Å². The average Bonchev–Trinajstić information content (AvgIpc) is 2.61. The van der Waals surface area contributed by atoms with Crippen LogP contribution in [0, 0.1) is 0 Å². The van der Waals surface area contributed by atoms with E-state index in [1.807, 2.05) is 18.7 Å². The molecule has 2 rings (SSSR count). The molecule has 0 saturated carbocycles. The second kappa shape index (κ2) is 3.93. The van der Waals surface area contributed by atoms with Gasteiger partial charge in [0.1, 0.15) is 0 Å². The van der Waals surface area contributed by atoms with Gasteiger partial charge in [-0.15, -0.1) is 10.2 Å². The van der Waals surface area contributed by atoms with Crippen LogP contribution in [0.4, 0.5) is 5.95 Å². The van der Waals surface area contributed by atoms with Gasteiger partial charge in [0, 0.05) is 20.6 Å². The molecule has 1 aliphatic rings. The lowest BCUT2D eigenvalue weighted by atomic mass is 10.2. The average molecular weight is 197 g/mol. The molecule has 1 unspecified atom stereocenters. The van der Waals surface area contributed by atoms with Crippen molar-refractivity contribution in [3.05, 3.63) is 5.82 Å². The van der Waals surface area contributed by atoms with Gasteiger partial charge >= 0.3 is 0 Å². The number of hydrogen-bond donors (Lipinski definition) is 2. The zero-order valence-corrected chi connectivity index (χ0v) is 8.45. The minimum absolute atomic E-state index is 0.156. The van der Waals surface area contributed by atoms with E-state index in [-0.39, 0.29) is 6.04 Å². The van der Waals surface area contributed by atoms with Crippen LogP contribution in [0.15, 0.2) is 0 Å². The maximum Gasteiger partial charge on any atom is 0.224 e. The van der Waals surface area contributed by atoms with E-state index < -0.39 is 0 Å². The smallest absolute Gasteiger partial charge is 0.224 e. The zero-order valence-electron chi connectivity index (χ0n) is 8.45. The molecule has 0 aromatic carbocycles. The summed E-state index contributed by atoms with van der Waals surface area (Å²) in [6.07, 6.45) is 0. The van der Waals surface area contributed by atoms with Gasteiger partial charge in [0.05, 0.1) is 19.3 Å². The number of hydrogen-bond acceptors (Lipinski definition) is 5. The van der Waals surface area contributed by atoms with Crippen molar-refractivity contribution >= 4 is 5.95 Å². The third-order valence-corrected chi connectivity index (χ3v) is 2.37. The Kier molecular flexibility index (Phi) is 2.64. The van der Waals surface area contributed by atoms with Crippen molar-refractivity contribution < 1.29 is 4.74 Å². The maximum atomic E-state index is 5.37. The lowest BCUT2D eigenvalue weighted by Gasteiger charge is -2.22. The first kappa shape index (κ1) is 9.42. The van der Waals surface area contributed by atoms with Gasteiger partial charge in [0.15, 0.2) is 5.82 Å². The summed E-state index contributed by atoms with van der Waals surface area (Å²) in [5.74, 6) is 1.68. The van der Waals surface area contributed by atoms with Gasteiger partial charge < -0.3 is 15.4 Å². The molecule has 1 aromatic rings. The Bertz CT molecular complexity index is 305. The van der Waals surface area contributed by atoms with Crippen LogP contribution in [-0.2, 0) is 11.8 Å². The Hall–Kier alpha value is -1.14. The summed E-state index contributed by atoms with van der Waals surface area (Å²) >= 11 is 0. The van der Waals surface area contributed by atoms with Gasteiger partial charge in [-0.05, 0) is 0 Å². The highest BCUT2D eigenvalue weighted by Crippen LogP contribution is 2.15. The number of morpholine rings is 1. The molecule has 6 heteroatoms. The Balaban J connectivity index is 2.18. The fraction of sp³-hybridized carbons (Fsp3) is 0.750. The number of rotatable bonds is 2. The van der Waals surface area contributed by atoms with E-state index in [1.165, 1.54) is 0 Å². The molecule has 0 bridgehead atoms. The summed E-state index contributed by atoms with van der Waals surface area (Å²) in [4.78, 5) is 0. The normalized spacial score (nSPS) is 22.3. The van der Waals surface area contributed by atoms with Crippen LogP contribution in [-0.4, -0.2) is 41.6 Å². The summed E-state index contributed by atoms with van der Waals surface area (Å²) in [5, 5.41) is 14.4. The first-order valence-electron chi connectivity index (χ1n) is 4.71. The third kappa shape index (κ3) is 1.58. The SMILES string of the molecule is CNc1nnc(C2COCCN2)n1C. The molecule has 1 saturated heterocycles. The Morgan fingerprint density at radius 3 is 3.00 bits per heavy atom. The van der Waals surface area contributed by atoms with Gasteiger partial charge in [0.25, 0.3) is 0 Å². The highest BCUT2D eigenvalue weighted by atomic mass is 16.5. The van der Waals surface area contributed by atoms with Crippen LogP contribution in [0.25, 0.3) is 0 Å². The highest BCUT2D eigenvalue weighted by Gasteiger charge is 2.21. The summed E-state index contributed by atoms with van der Waals surface area (Å²) in [5.41, 5.74) is 0. The van der Waals surface area contributed by atoms with Crippen molar-refractivity contribution in [3.63, 3.8) is 0 Å². The second-order valence-corrected chi connectivity index (χ2v) is 3.27. The van der Waals surface area contributed by atoms with E-state index in [2.05, 4.69) is 20.8 Å². The molecule has 2 N–H and O–H groups in total. The molecular weight excluding hydrogens is 182 g/mol. The maximum absolute atomic E-state index is 5.37. The molecule has 1 atom stereocenters. The van der Waals surface area contributed by atoms with Crippen molar-refractivity contribution in [2.24, 2.45) is 7.05 Å². The number of nitrogens with zero attached hydrogens (tertiary/aromatic N) is 3. The first-order valence-corrected chi connectivity index (χ1v) is 4.71. The van der Waals surface area contributed by atoms with Crippen molar-refractivity contribution in [2.45, 2.75) is 6.04 Å². The molecule has 1 aliphatic heterocycles. The van der Waals surface area contributed by atoms with E-state index in [0.717, 1.165) is 24.9 Å². The van der Waals surface area contributed by atoms with E-state index >= 15 is 0 Å². The molecule has 2 heterocycles. The van der Waals surface area contributed by atoms with Crippen LogP contribution in [0.2, 0.25) is 0 Å². The van der Waals surface area contributed by atoms with Gasteiger partial charge in [-0.25, -0.2) is 0 Å². The standard InChI is InChI=1S/C8H15N5O/c1-9-8-12-11-7(13(8)2)6-5-14-4-3-10-6/h6,10H,3-5H2,1-2H3,(H,9,12). The minimum atomic E-state index is 0.156. The molecule has 0 spiro atoms. The van der Waals surface area contributed by atoms with E-state index in [0.29, 0.717) is 6.61 Å². The molecule has 0 radical (unpaired) electrons. The van der Waals surface area contributed by atoms with Gasteiger partial charge in [-0.2, -0.15) is 0 Å². The highest BCUT2D eigenvalue weighted by molar-refractivity contribution is 5.24. The van der Waals surface area contributed by atoms with E-state index in [1.54, 1.807) is 0 Å². The number of ether oxygens (including phenoxy) is 1. The molecule has 1 aromatic heterocycles. The van der Waals surface area contributed by atoms with E-state index in [9.17, 15) is 0 Å². The predicted molar refractivity (Wildman–Crippen MR) is 52.1 cm³/mol. The third-order valence-electron chi connectivity index (χ3n) is 2.37. The van der Waals surface area contributed by atoms with Crippen LogP contribution < -0.4 is 10.6 Å². The summed E-state index contributed by atoms with van der Waals surface area (Å²) in [7, 11) is 3.77. The Labute approximate surface area is 82.7 Å².